The zero-order valence-corrected chi connectivity index (χ0v) is 15.3. The van der Waals surface area contributed by atoms with Crippen LogP contribution >= 0.6 is 0 Å². The SMILES string of the molecule is Cc1ccc2c(n1)oc1c(-c3cc(C)c(C(C)(C)C)cn3)cccc12. The number of hydrogen-bond acceptors (Lipinski definition) is 3. The van der Waals surface area contributed by atoms with E-state index in [1.807, 2.05) is 19.2 Å². The zero-order chi connectivity index (χ0) is 17.8. The number of rotatable bonds is 1. The third kappa shape index (κ3) is 2.60. The van der Waals surface area contributed by atoms with Crippen molar-refractivity contribution in [2.24, 2.45) is 0 Å². The summed E-state index contributed by atoms with van der Waals surface area (Å²) >= 11 is 0. The van der Waals surface area contributed by atoms with Crippen LogP contribution in [0.1, 0.15) is 37.6 Å². The van der Waals surface area contributed by atoms with E-state index in [2.05, 4.69) is 63.0 Å². The van der Waals surface area contributed by atoms with Crippen LogP contribution in [0.25, 0.3) is 33.3 Å². The van der Waals surface area contributed by atoms with Crippen LogP contribution in [0.3, 0.4) is 0 Å². The van der Waals surface area contributed by atoms with Crippen molar-refractivity contribution in [2.45, 2.75) is 40.0 Å². The van der Waals surface area contributed by atoms with E-state index in [4.69, 9.17) is 9.40 Å². The first-order valence-electron chi connectivity index (χ1n) is 8.61. The number of nitrogens with zero attached hydrogens (tertiary/aromatic N) is 2. The highest BCUT2D eigenvalue weighted by Crippen LogP contribution is 2.35. The standard InChI is InChI=1S/C22H22N2O/c1-13-11-19(23-12-18(13)22(3,4)5)17-8-6-7-15-16-10-9-14(2)24-21(16)25-20(15)17/h6-12H,1-5H3. The summed E-state index contributed by atoms with van der Waals surface area (Å²) in [6.07, 6.45) is 1.99. The summed E-state index contributed by atoms with van der Waals surface area (Å²) in [4.78, 5) is 9.26. The number of fused-ring (bicyclic) bond motifs is 3. The van der Waals surface area contributed by atoms with Crippen molar-refractivity contribution in [3.8, 4) is 11.3 Å². The van der Waals surface area contributed by atoms with Gasteiger partial charge in [0.1, 0.15) is 5.58 Å². The number of hydrogen-bond donors (Lipinski definition) is 0. The molecular weight excluding hydrogens is 308 g/mol. The topological polar surface area (TPSA) is 38.9 Å². The molecule has 0 saturated heterocycles. The van der Waals surface area contributed by atoms with E-state index in [0.29, 0.717) is 5.71 Å². The molecule has 0 fully saturated rings. The molecule has 0 unspecified atom stereocenters. The van der Waals surface area contributed by atoms with E-state index >= 15 is 0 Å². The molecule has 0 aliphatic carbocycles. The first-order valence-corrected chi connectivity index (χ1v) is 8.61. The molecule has 0 aliphatic rings. The summed E-state index contributed by atoms with van der Waals surface area (Å²) in [6.45, 7) is 10.8. The quantitative estimate of drug-likeness (QED) is 0.432. The van der Waals surface area contributed by atoms with Crippen LogP contribution in [0.5, 0.6) is 0 Å². The molecule has 0 saturated carbocycles. The second-order valence-electron chi connectivity index (χ2n) is 7.72. The average molecular weight is 330 g/mol. The monoisotopic (exact) mass is 330 g/mol. The Morgan fingerprint density at radius 3 is 2.48 bits per heavy atom. The minimum atomic E-state index is 0.0857. The number of furan rings is 1. The van der Waals surface area contributed by atoms with Gasteiger partial charge in [0.05, 0.1) is 5.69 Å². The first kappa shape index (κ1) is 15.8. The molecule has 3 heteroatoms. The Kier molecular flexibility index (Phi) is 3.43. The van der Waals surface area contributed by atoms with Crippen LogP contribution in [-0.2, 0) is 5.41 Å². The molecule has 0 radical (unpaired) electrons. The van der Waals surface area contributed by atoms with Gasteiger partial charge in [-0.05, 0) is 54.7 Å². The van der Waals surface area contributed by atoms with Gasteiger partial charge in [-0.1, -0.05) is 32.9 Å². The van der Waals surface area contributed by atoms with Gasteiger partial charge in [0, 0.05) is 28.2 Å². The lowest BCUT2D eigenvalue weighted by molar-refractivity contribution is 0.583. The van der Waals surface area contributed by atoms with Gasteiger partial charge >= 0.3 is 0 Å². The van der Waals surface area contributed by atoms with Crippen LogP contribution in [0, 0.1) is 13.8 Å². The Morgan fingerprint density at radius 2 is 1.76 bits per heavy atom. The largest absolute Gasteiger partial charge is 0.437 e. The van der Waals surface area contributed by atoms with Crippen LogP contribution in [-0.4, -0.2) is 9.97 Å². The van der Waals surface area contributed by atoms with Gasteiger partial charge in [-0.15, -0.1) is 0 Å². The smallest absolute Gasteiger partial charge is 0.227 e. The molecule has 3 nitrogen and oxygen atoms in total. The maximum absolute atomic E-state index is 6.11. The Bertz CT molecular complexity index is 1100. The molecule has 4 aromatic rings. The highest BCUT2D eigenvalue weighted by Gasteiger charge is 2.19. The first-order chi connectivity index (χ1) is 11.8. The zero-order valence-electron chi connectivity index (χ0n) is 15.3. The maximum Gasteiger partial charge on any atom is 0.227 e. The number of aryl methyl sites for hydroxylation is 2. The predicted octanol–water partition coefficient (Wildman–Crippen LogP) is 5.96. The van der Waals surface area contributed by atoms with Crippen LogP contribution < -0.4 is 0 Å². The summed E-state index contributed by atoms with van der Waals surface area (Å²) in [5.74, 6) is 0. The minimum Gasteiger partial charge on any atom is -0.437 e. The van der Waals surface area contributed by atoms with Gasteiger partial charge < -0.3 is 4.42 Å². The highest BCUT2D eigenvalue weighted by molar-refractivity contribution is 6.08. The van der Waals surface area contributed by atoms with E-state index in [9.17, 15) is 0 Å². The summed E-state index contributed by atoms with van der Waals surface area (Å²) in [5.41, 5.74) is 7.05. The van der Waals surface area contributed by atoms with E-state index in [1.54, 1.807) is 0 Å². The molecular formula is C22H22N2O. The Balaban J connectivity index is 1.95. The van der Waals surface area contributed by atoms with Crippen LogP contribution in [0.4, 0.5) is 0 Å². The van der Waals surface area contributed by atoms with Crippen LogP contribution in [0.2, 0.25) is 0 Å². The molecule has 0 spiro atoms. The fourth-order valence-electron chi connectivity index (χ4n) is 3.46. The van der Waals surface area contributed by atoms with E-state index in [-0.39, 0.29) is 5.41 Å². The van der Waals surface area contributed by atoms with Gasteiger partial charge in [0.2, 0.25) is 5.71 Å². The maximum atomic E-state index is 6.11. The van der Waals surface area contributed by atoms with Crippen LogP contribution in [0.15, 0.2) is 47.0 Å². The molecule has 0 amide bonds. The molecule has 0 atom stereocenters. The second-order valence-corrected chi connectivity index (χ2v) is 7.72. The van der Waals surface area contributed by atoms with Crippen molar-refractivity contribution in [3.05, 3.63) is 59.4 Å². The van der Waals surface area contributed by atoms with E-state index in [0.717, 1.165) is 33.3 Å². The number of para-hydroxylation sites is 1. The minimum absolute atomic E-state index is 0.0857. The molecule has 1 aromatic carbocycles. The van der Waals surface area contributed by atoms with Crippen molar-refractivity contribution in [3.63, 3.8) is 0 Å². The lowest BCUT2D eigenvalue weighted by Crippen LogP contribution is -2.13. The van der Waals surface area contributed by atoms with Crippen molar-refractivity contribution >= 4 is 22.1 Å². The number of aromatic nitrogens is 2. The molecule has 4 rings (SSSR count). The third-order valence-corrected chi connectivity index (χ3v) is 4.70. The van der Waals surface area contributed by atoms with Gasteiger partial charge in [-0.3, -0.25) is 4.98 Å². The van der Waals surface area contributed by atoms with Crippen molar-refractivity contribution in [2.75, 3.05) is 0 Å². The summed E-state index contributed by atoms with van der Waals surface area (Å²) in [6, 6.07) is 12.5. The predicted molar refractivity (Wildman–Crippen MR) is 103 cm³/mol. The molecule has 3 heterocycles. The van der Waals surface area contributed by atoms with Crippen molar-refractivity contribution < 1.29 is 4.42 Å². The normalized spacial score (nSPS) is 12.2. The molecule has 126 valence electrons. The van der Waals surface area contributed by atoms with Gasteiger partial charge in [-0.25, -0.2) is 4.98 Å². The fraction of sp³-hybridized carbons (Fsp3) is 0.273. The highest BCUT2D eigenvalue weighted by atomic mass is 16.3. The Hall–Kier alpha value is -2.68. The summed E-state index contributed by atoms with van der Waals surface area (Å²) < 4.78 is 6.11. The van der Waals surface area contributed by atoms with Crippen molar-refractivity contribution in [1.82, 2.24) is 9.97 Å². The third-order valence-electron chi connectivity index (χ3n) is 4.70. The van der Waals surface area contributed by atoms with E-state index in [1.165, 1.54) is 11.1 Å². The lowest BCUT2D eigenvalue weighted by atomic mass is 9.85. The molecule has 0 aliphatic heterocycles. The van der Waals surface area contributed by atoms with Gasteiger partial charge in [0.15, 0.2) is 0 Å². The molecule has 3 aromatic heterocycles. The summed E-state index contributed by atoms with van der Waals surface area (Å²) in [5, 5.41) is 2.13. The van der Waals surface area contributed by atoms with Gasteiger partial charge in [-0.2, -0.15) is 0 Å². The Morgan fingerprint density at radius 1 is 0.960 bits per heavy atom. The molecule has 25 heavy (non-hydrogen) atoms. The fourth-order valence-corrected chi connectivity index (χ4v) is 3.46. The lowest BCUT2D eigenvalue weighted by Gasteiger charge is -2.21. The average Bonchev–Trinajstić information content (AvgIpc) is 2.90. The molecule has 0 N–H and O–H groups in total. The molecule has 0 bridgehead atoms. The van der Waals surface area contributed by atoms with Crippen molar-refractivity contribution in [1.29, 1.82) is 0 Å². The summed E-state index contributed by atoms with van der Waals surface area (Å²) in [7, 11) is 0. The van der Waals surface area contributed by atoms with Gasteiger partial charge in [0.25, 0.3) is 0 Å². The second kappa shape index (κ2) is 5.41. The Labute approximate surface area is 147 Å². The number of benzene rings is 1. The number of pyridine rings is 2. The van der Waals surface area contributed by atoms with E-state index < -0.39 is 0 Å².